The molecule has 1 unspecified atom stereocenters. The lowest BCUT2D eigenvalue weighted by atomic mass is 9.88. The van der Waals surface area contributed by atoms with Gasteiger partial charge >= 0.3 is 0 Å². The molecule has 1 heterocycles. The number of ether oxygens (including phenoxy) is 1. The predicted octanol–water partition coefficient (Wildman–Crippen LogP) is 2.77. The zero-order chi connectivity index (χ0) is 12.6. The van der Waals surface area contributed by atoms with Crippen molar-refractivity contribution in [3.63, 3.8) is 0 Å². The van der Waals surface area contributed by atoms with Crippen molar-refractivity contribution in [2.45, 2.75) is 38.8 Å². The Hall–Kier alpha value is -1.51. The van der Waals surface area contributed by atoms with Gasteiger partial charge < -0.3 is 9.64 Å². The number of hydrogen-bond donors (Lipinski definition) is 0. The SMILES string of the molecule is COc1ccc(C2CC(=O)N2C(C)(C)C)cc1. The molecule has 1 aliphatic heterocycles. The van der Waals surface area contributed by atoms with E-state index in [1.54, 1.807) is 7.11 Å². The summed E-state index contributed by atoms with van der Waals surface area (Å²) in [6.07, 6.45) is 0.615. The molecule has 0 spiro atoms. The highest BCUT2D eigenvalue weighted by Crippen LogP contribution is 2.40. The fourth-order valence-electron chi connectivity index (χ4n) is 2.35. The lowest BCUT2D eigenvalue weighted by Crippen LogP contribution is -2.56. The largest absolute Gasteiger partial charge is 0.497 e. The smallest absolute Gasteiger partial charge is 0.225 e. The first-order valence-corrected chi connectivity index (χ1v) is 5.89. The van der Waals surface area contributed by atoms with Crippen LogP contribution >= 0.6 is 0 Å². The third kappa shape index (κ3) is 2.14. The first-order chi connectivity index (χ1) is 7.93. The molecular weight excluding hydrogens is 214 g/mol. The molecule has 3 heteroatoms. The minimum atomic E-state index is -0.111. The quantitative estimate of drug-likeness (QED) is 0.735. The van der Waals surface area contributed by atoms with Crippen LogP contribution in [0.2, 0.25) is 0 Å². The van der Waals surface area contributed by atoms with Gasteiger partial charge in [-0.3, -0.25) is 4.79 Å². The lowest BCUT2D eigenvalue weighted by molar-refractivity contribution is -0.154. The van der Waals surface area contributed by atoms with Gasteiger partial charge in [-0.2, -0.15) is 0 Å². The number of amides is 1. The van der Waals surface area contributed by atoms with Crippen molar-refractivity contribution in [1.82, 2.24) is 4.90 Å². The molecular formula is C14H19NO2. The third-order valence-corrected chi connectivity index (χ3v) is 3.17. The molecule has 2 rings (SSSR count). The van der Waals surface area contributed by atoms with Crippen molar-refractivity contribution in [2.24, 2.45) is 0 Å². The van der Waals surface area contributed by atoms with E-state index < -0.39 is 0 Å². The standard InChI is InChI=1S/C14H19NO2/c1-14(2,3)15-12(9-13(15)16)10-5-7-11(17-4)8-6-10/h5-8,12H,9H2,1-4H3. The third-order valence-electron chi connectivity index (χ3n) is 3.17. The molecule has 1 aliphatic rings. The van der Waals surface area contributed by atoms with Gasteiger partial charge in [0, 0.05) is 5.54 Å². The number of likely N-dealkylation sites (tertiary alicyclic amines) is 1. The number of carbonyl (C=O) groups is 1. The Morgan fingerprint density at radius 2 is 1.82 bits per heavy atom. The van der Waals surface area contributed by atoms with Crippen LogP contribution in [0.3, 0.4) is 0 Å². The van der Waals surface area contributed by atoms with Crippen LogP contribution in [0.15, 0.2) is 24.3 Å². The van der Waals surface area contributed by atoms with Gasteiger partial charge in [0.1, 0.15) is 5.75 Å². The molecule has 1 amide bonds. The van der Waals surface area contributed by atoms with Gasteiger partial charge in [-0.05, 0) is 38.5 Å². The Labute approximate surface area is 102 Å². The molecule has 0 aliphatic carbocycles. The monoisotopic (exact) mass is 233 g/mol. The Morgan fingerprint density at radius 3 is 2.24 bits per heavy atom. The second kappa shape index (κ2) is 4.06. The number of β-lactam (4-membered cyclic amide) rings is 1. The van der Waals surface area contributed by atoms with Crippen LogP contribution in [-0.2, 0) is 4.79 Å². The van der Waals surface area contributed by atoms with E-state index in [1.165, 1.54) is 5.56 Å². The fourth-order valence-corrected chi connectivity index (χ4v) is 2.35. The molecule has 0 radical (unpaired) electrons. The van der Waals surface area contributed by atoms with E-state index in [9.17, 15) is 4.79 Å². The molecule has 17 heavy (non-hydrogen) atoms. The van der Waals surface area contributed by atoms with Crippen LogP contribution in [0.5, 0.6) is 5.75 Å². The molecule has 0 N–H and O–H groups in total. The summed E-state index contributed by atoms with van der Waals surface area (Å²) < 4.78 is 5.14. The molecule has 0 aromatic heterocycles. The summed E-state index contributed by atoms with van der Waals surface area (Å²) in [6, 6.07) is 8.18. The zero-order valence-electron chi connectivity index (χ0n) is 10.9. The Bertz CT molecular complexity index is 417. The van der Waals surface area contributed by atoms with E-state index in [4.69, 9.17) is 4.74 Å². The van der Waals surface area contributed by atoms with Gasteiger partial charge in [0.15, 0.2) is 0 Å². The zero-order valence-corrected chi connectivity index (χ0v) is 10.9. The maximum Gasteiger partial charge on any atom is 0.225 e. The summed E-state index contributed by atoms with van der Waals surface area (Å²) in [5, 5.41) is 0. The normalized spacial score (nSPS) is 20.1. The van der Waals surface area contributed by atoms with Gasteiger partial charge in [0.2, 0.25) is 5.91 Å². The average Bonchev–Trinajstić information content (AvgIpc) is 2.23. The average molecular weight is 233 g/mol. The van der Waals surface area contributed by atoms with E-state index in [2.05, 4.69) is 20.8 Å². The van der Waals surface area contributed by atoms with Crippen molar-refractivity contribution in [1.29, 1.82) is 0 Å². The van der Waals surface area contributed by atoms with Crippen LogP contribution < -0.4 is 4.74 Å². The minimum Gasteiger partial charge on any atom is -0.497 e. The molecule has 92 valence electrons. The minimum absolute atomic E-state index is 0.111. The predicted molar refractivity (Wildman–Crippen MR) is 67.0 cm³/mol. The first kappa shape index (κ1) is 12.0. The van der Waals surface area contributed by atoms with Crippen molar-refractivity contribution in [3.8, 4) is 5.75 Å². The van der Waals surface area contributed by atoms with Crippen molar-refractivity contribution >= 4 is 5.91 Å². The highest BCUT2D eigenvalue weighted by atomic mass is 16.5. The molecule has 1 fully saturated rings. The lowest BCUT2D eigenvalue weighted by Gasteiger charge is -2.49. The molecule has 1 aromatic carbocycles. The topological polar surface area (TPSA) is 29.5 Å². The summed E-state index contributed by atoms with van der Waals surface area (Å²) >= 11 is 0. The van der Waals surface area contributed by atoms with Gasteiger partial charge in [0.05, 0.1) is 19.6 Å². The van der Waals surface area contributed by atoms with Crippen molar-refractivity contribution in [2.75, 3.05) is 7.11 Å². The summed E-state index contributed by atoms with van der Waals surface area (Å²) in [5.74, 6) is 1.08. The summed E-state index contributed by atoms with van der Waals surface area (Å²) in [6.45, 7) is 6.21. The van der Waals surface area contributed by atoms with E-state index >= 15 is 0 Å². The number of carbonyl (C=O) groups excluding carboxylic acids is 1. The Kier molecular flexibility index (Phi) is 2.86. The second-order valence-corrected chi connectivity index (χ2v) is 5.43. The van der Waals surface area contributed by atoms with Crippen LogP contribution in [0.4, 0.5) is 0 Å². The highest BCUT2D eigenvalue weighted by molar-refractivity contribution is 5.84. The number of benzene rings is 1. The molecule has 1 saturated heterocycles. The van der Waals surface area contributed by atoms with Gasteiger partial charge in [-0.25, -0.2) is 0 Å². The number of methoxy groups -OCH3 is 1. The summed E-state index contributed by atoms with van der Waals surface area (Å²) in [5.41, 5.74) is 1.07. The van der Waals surface area contributed by atoms with Gasteiger partial charge in [0.25, 0.3) is 0 Å². The Morgan fingerprint density at radius 1 is 1.24 bits per heavy atom. The number of rotatable bonds is 2. The van der Waals surface area contributed by atoms with Crippen LogP contribution in [0.1, 0.15) is 38.8 Å². The highest BCUT2D eigenvalue weighted by Gasteiger charge is 2.43. The fraction of sp³-hybridized carbons (Fsp3) is 0.500. The van der Waals surface area contributed by atoms with Gasteiger partial charge in [-0.15, -0.1) is 0 Å². The molecule has 0 saturated carbocycles. The molecule has 1 aromatic rings. The van der Waals surface area contributed by atoms with Crippen molar-refractivity contribution in [3.05, 3.63) is 29.8 Å². The number of hydrogen-bond acceptors (Lipinski definition) is 2. The van der Waals surface area contributed by atoms with E-state index in [1.807, 2.05) is 29.2 Å². The molecule has 3 nitrogen and oxygen atoms in total. The van der Waals surface area contributed by atoms with E-state index in [0.717, 1.165) is 5.75 Å². The second-order valence-electron chi connectivity index (χ2n) is 5.43. The van der Waals surface area contributed by atoms with Crippen LogP contribution in [0, 0.1) is 0 Å². The maximum absolute atomic E-state index is 11.7. The maximum atomic E-state index is 11.7. The van der Waals surface area contributed by atoms with Crippen molar-refractivity contribution < 1.29 is 9.53 Å². The summed E-state index contributed by atoms with van der Waals surface area (Å²) in [4.78, 5) is 13.6. The number of nitrogens with zero attached hydrogens (tertiary/aromatic N) is 1. The van der Waals surface area contributed by atoms with E-state index in [-0.39, 0.29) is 17.5 Å². The molecule has 1 atom stereocenters. The van der Waals surface area contributed by atoms with Crippen LogP contribution in [0.25, 0.3) is 0 Å². The molecule has 0 bridgehead atoms. The first-order valence-electron chi connectivity index (χ1n) is 5.89. The van der Waals surface area contributed by atoms with Gasteiger partial charge in [-0.1, -0.05) is 12.1 Å². The van der Waals surface area contributed by atoms with E-state index in [0.29, 0.717) is 6.42 Å². The summed E-state index contributed by atoms with van der Waals surface area (Å²) in [7, 11) is 1.66. The van der Waals surface area contributed by atoms with Crippen LogP contribution in [-0.4, -0.2) is 23.5 Å². The Balaban J connectivity index is 2.20.